The van der Waals surface area contributed by atoms with E-state index in [4.69, 9.17) is 4.98 Å². The Labute approximate surface area is 120 Å². The molecular weight excluding hydrogens is 307 g/mol. The number of aryl methyl sites for hydroxylation is 2. The lowest BCUT2D eigenvalue weighted by molar-refractivity contribution is 0.631. The summed E-state index contributed by atoms with van der Waals surface area (Å²) in [7, 11) is 1.86. The fourth-order valence-corrected chi connectivity index (χ4v) is 3.50. The average molecular weight is 323 g/mol. The number of hydrogen-bond donors (Lipinski definition) is 1. The average Bonchev–Trinajstić information content (AvgIpc) is 2.42. The van der Waals surface area contributed by atoms with Crippen LogP contribution < -0.4 is 5.32 Å². The first-order valence-corrected chi connectivity index (χ1v) is 7.40. The second kappa shape index (κ2) is 4.75. The van der Waals surface area contributed by atoms with Crippen molar-refractivity contribution < 1.29 is 4.39 Å². The van der Waals surface area contributed by atoms with Gasteiger partial charge in [0, 0.05) is 12.7 Å². The zero-order chi connectivity index (χ0) is 13.6. The van der Waals surface area contributed by atoms with Crippen LogP contribution in [0.1, 0.15) is 29.7 Å². The summed E-state index contributed by atoms with van der Waals surface area (Å²) >= 11 is 3.30. The zero-order valence-corrected chi connectivity index (χ0v) is 12.7. The van der Waals surface area contributed by atoms with Crippen LogP contribution in [-0.4, -0.2) is 12.0 Å². The molecule has 0 radical (unpaired) electrons. The molecule has 100 valence electrons. The summed E-state index contributed by atoms with van der Waals surface area (Å²) in [6.45, 7) is 1.98. The number of rotatable bonds is 1. The van der Waals surface area contributed by atoms with E-state index >= 15 is 0 Å². The van der Waals surface area contributed by atoms with E-state index in [-0.39, 0.29) is 5.82 Å². The van der Waals surface area contributed by atoms with Crippen molar-refractivity contribution in [2.45, 2.75) is 32.6 Å². The summed E-state index contributed by atoms with van der Waals surface area (Å²) in [6, 6.07) is 1.80. The molecular formula is C15H16BrFN2. The molecule has 1 aliphatic carbocycles. The number of anilines is 1. The van der Waals surface area contributed by atoms with Gasteiger partial charge in [0.1, 0.15) is 5.82 Å². The standard InChI is InChI=1S/C15H16BrFN2/c1-8-7-10(16)13(17)12-14(8)19-11-6-4-3-5-9(11)15(12)18-2/h7H,3-6H2,1-2H3,(H,18,19). The molecule has 3 rings (SSSR count). The van der Waals surface area contributed by atoms with Gasteiger partial charge in [-0.3, -0.25) is 4.98 Å². The Bertz CT molecular complexity index is 667. The maximum atomic E-state index is 14.5. The van der Waals surface area contributed by atoms with Crippen molar-refractivity contribution >= 4 is 32.5 Å². The summed E-state index contributed by atoms with van der Waals surface area (Å²) in [6.07, 6.45) is 4.31. The Hall–Kier alpha value is -1.16. The maximum Gasteiger partial charge on any atom is 0.148 e. The molecule has 0 aliphatic heterocycles. The van der Waals surface area contributed by atoms with Gasteiger partial charge in [-0.2, -0.15) is 0 Å². The van der Waals surface area contributed by atoms with Gasteiger partial charge in [-0.25, -0.2) is 4.39 Å². The Morgan fingerprint density at radius 3 is 2.79 bits per heavy atom. The number of pyridine rings is 1. The van der Waals surface area contributed by atoms with Crippen LogP contribution in [0.25, 0.3) is 10.9 Å². The Morgan fingerprint density at radius 1 is 1.32 bits per heavy atom. The minimum Gasteiger partial charge on any atom is -0.387 e. The number of hydrogen-bond acceptors (Lipinski definition) is 2. The van der Waals surface area contributed by atoms with Gasteiger partial charge >= 0.3 is 0 Å². The van der Waals surface area contributed by atoms with E-state index in [2.05, 4.69) is 21.2 Å². The highest BCUT2D eigenvalue weighted by Crippen LogP contribution is 2.37. The number of halogens is 2. The first kappa shape index (κ1) is 12.9. The number of aromatic nitrogens is 1. The molecule has 0 spiro atoms. The van der Waals surface area contributed by atoms with Crippen LogP contribution in [-0.2, 0) is 12.8 Å². The molecule has 2 nitrogen and oxygen atoms in total. The van der Waals surface area contributed by atoms with E-state index in [1.165, 1.54) is 12.0 Å². The quantitative estimate of drug-likeness (QED) is 0.843. The molecule has 0 unspecified atom stereocenters. The highest BCUT2D eigenvalue weighted by molar-refractivity contribution is 9.10. The summed E-state index contributed by atoms with van der Waals surface area (Å²) < 4.78 is 15.0. The lowest BCUT2D eigenvalue weighted by atomic mass is 9.92. The Morgan fingerprint density at radius 2 is 2.05 bits per heavy atom. The van der Waals surface area contributed by atoms with Crippen molar-refractivity contribution in [3.8, 4) is 0 Å². The van der Waals surface area contributed by atoms with Crippen LogP contribution in [0, 0.1) is 12.7 Å². The molecule has 0 bridgehead atoms. The van der Waals surface area contributed by atoms with Gasteiger partial charge < -0.3 is 5.32 Å². The molecule has 0 fully saturated rings. The molecule has 0 saturated heterocycles. The van der Waals surface area contributed by atoms with Crippen molar-refractivity contribution in [1.82, 2.24) is 4.98 Å². The molecule has 2 aromatic rings. The van der Waals surface area contributed by atoms with Crippen LogP contribution in [0.5, 0.6) is 0 Å². The third-order valence-electron chi connectivity index (χ3n) is 3.87. The van der Waals surface area contributed by atoms with Gasteiger partial charge in [0.25, 0.3) is 0 Å². The van der Waals surface area contributed by atoms with E-state index in [1.54, 1.807) is 6.07 Å². The monoisotopic (exact) mass is 322 g/mol. The van der Waals surface area contributed by atoms with Crippen molar-refractivity contribution in [2.75, 3.05) is 12.4 Å². The number of nitrogens with zero attached hydrogens (tertiary/aromatic N) is 1. The molecule has 1 N–H and O–H groups in total. The van der Waals surface area contributed by atoms with Gasteiger partial charge in [0.2, 0.25) is 0 Å². The second-order valence-corrected chi connectivity index (χ2v) is 5.94. The van der Waals surface area contributed by atoms with E-state index in [0.29, 0.717) is 9.86 Å². The lowest BCUT2D eigenvalue weighted by Crippen LogP contribution is -2.11. The predicted octanol–water partition coefficient (Wildman–Crippen LogP) is 4.37. The molecule has 0 amide bonds. The second-order valence-electron chi connectivity index (χ2n) is 5.08. The molecule has 4 heteroatoms. The Balaban J connectivity index is 2.47. The summed E-state index contributed by atoms with van der Waals surface area (Å²) in [5.41, 5.74) is 5.03. The van der Waals surface area contributed by atoms with Gasteiger partial charge in [-0.05, 0) is 65.7 Å². The van der Waals surface area contributed by atoms with E-state index in [0.717, 1.165) is 41.7 Å². The maximum absolute atomic E-state index is 14.5. The highest BCUT2D eigenvalue weighted by atomic mass is 79.9. The third-order valence-corrected chi connectivity index (χ3v) is 4.45. The predicted molar refractivity (Wildman–Crippen MR) is 80.3 cm³/mol. The van der Waals surface area contributed by atoms with E-state index in [9.17, 15) is 4.39 Å². The molecule has 0 saturated carbocycles. The fraction of sp³-hybridized carbons (Fsp3) is 0.400. The molecule has 19 heavy (non-hydrogen) atoms. The van der Waals surface area contributed by atoms with Gasteiger partial charge in [-0.15, -0.1) is 0 Å². The van der Waals surface area contributed by atoms with Gasteiger partial charge in [-0.1, -0.05) is 0 Å². The normalized spacial score (nSPS) is 14.5. The topological polar surface area (TPSA) is 24.9 Å². The van der Waals surface area contributed by atoms with Crippen LogP contribution in [0.4, 0.5) is 10.1 Å². The summed E-state index contributed by atoms with van der Waals surface area (Å²) in [5, 5.41) is 3.81. The summed E-state index contributed by atoms with van der Waals surface area (Å²) in [4.78, 5) is 4.72. The van der Waals surface area contributed by atoms with E-state index in [1.807, 2.05) is 14.0 Å². The molecule has 0 atom stereocenters. The molecule has 1 aliphatic rings. The number of fused-ring (bicyclic) bond motifs is 2. The zero-order valence-electron chi connectivity index (χ0n) is 11.1. The lowest BCUT2D eigenvalue weighted by Gasteiger charge is -2.21. The third kappa shape index (κ3) is 1.93. The smallest absolute Gasteiger partial charge is 0.148 e. The molecule has 1 heterocycles. The van der Waals surface area contributed by atoms with Crippen molar-refractivity contribution in [2.24, 2.45) is 0 Å². The van der Waals surface area contributed by atoms with Crippen LogP contribution in [0.2, 0.25) is 0 Å². The minimum absolute atomic E-state index is 0.217. The largest absolute Gasteiger partial charge is 0.387 e. The van der Waals surface area contributed by atoms with E-state index < -0.39 is 0 Å². The van der Waals surface area contributed by atoms with Crippen molar-refractivity contribution in [1.29, 1.82) is 0 Å². The van der Waals surface area contributed by atoms with Gasteiger partial charge in [0.15, 0.2) is 0 Å². The SMILES string of the molecule is CNc1c2c(nc3c(C)cc(Br)c(F)c13)CCCC2. The van der Waals surface area contributed by atoms with Crippen LogP contribution >= 0.6 is 15.9 Å². The minimum atomic E-state index is -0.217. The van der Waals surface area contributed by atoms with Crippen molar-refractivity contribution in [3.63, 3.8) is 0 Å². The highest BCUT2D eigenvalue weighted by Gasteiger charge is 2.21. The fourth-order valence-electron chi connectivity index (χ4n) is 2.96. The number of nitrogens with one attached hydrogen (secondary N) is 1. The van der Waals surface area contributed by atoms with Gasteiger partial charge in [0.05, 0.1) is 21.1 Å². The summed E-state index contributed by atoms with van der Waals surface area (Å²) in [5.74, 6) is -0.217. The van der Waals surface area contributed by atoms with Crippen LogP contribution in [0.3, 0.4) is 0 Å². The molecule has 1 aromatic heterocycles. The Kier molecular flexibility index (Phi) is 3.21. The first-order chi connectivity index (χ1) is 9.13. The first-order valence-electron chi connectivity index (χ1n) is 6.61. The van der Waals surface area contributed by atoms with Crippen LogP contribution in [0.15, 0.2) is 10.5 Å². The number of benzene rings is 1. The molecule has 1 aromatic carbocycles. The van der Waals surface area contributed by atoms with Crippen molar-refractivity contribution in [3.05, 3.63) is 33.2 Å².